The SMILES string of the molecule is c1ccc(-c2coc3ccc4c5ccc(-c6c7ccccc7c(-c7cccc8c7oc7ccccc78)c7ccccc67)cc5oc4c23)cc1. The van der Waals surface area contributed by atoms with Gasteiger partial charge in [-0.15, -0.1) is 0 Å². The number of hydrogen-bond donors (Lipinski definition) is 0. The first-order valence-electron chi connectivity index (χ1n) is 16.6. The Morgan fingerprint density at radius 2 is 0.918 bits per heavy atom. The fraction of sp³-hybridized carbons (Fsp3) is 0. The predicted molar refractivity (Wildman–Crippen MR) is 202 cm³/mol. The van der Waals surface area contributed by atoms with Crippen LogP contribution in [-0.2, 0) is 0 Å². The van der Waals surface area contributed by atoms with Gasteiger partial charge in [0, 0.05) is 38.2 Å². The van der Waals surface area contributed by atoms with Crippen LogP contribution in [0.5, 0.6) is 0 Å². The molecule has 0 aliphatic carbocycles. The fourth-order valence-corrected chi connectivity index (χ4v) is 8.02. The molecule has 11 rings (SSSR count). The van der Waals surface area contributed by atoms with Crippen molar-refractivity contribution in [2.75, 3.05) is 0 Å². The molecule has 228 valence electrons. The summed E-state index contributed by atoms with van der Waals surface area (Å²) in [7, 11) is 0. The maximum Gasteiger partial charge on any atom is 0.147 e. The first kappa shape index (κ1) is 26.5. The Kier molecular flexibility index (Phi) is 5.38. The van der Waals surface area contributed by atoms with Crippen LogP contribution in [0.2, 0.25) is 0 Å². The highest BCUT2D eigenvalue weighted by Crippen LogP contribution is 2.47. The second kappa shape index (κ2) is 9.96. The molecule has 0 fully saturated rings. The number of benzene rings is 8. The van der Waals surface area contributed by atoms with E-state index < -0.39 is 0 Å². The van der Waals surface area contributed by atoms with Gasteiger partial charge in [-0.05, 0) is 68.6 Å². The molecule has 0 unspecified atom stereocenters. The summed E-state index contributed by atoms with van der Waals surface area (Å²) in [5.41, 5.74) is 11.0. The highest BCUT2D eigenvalue weighted by Gasteiger charge is 2.22. The standard InChI is InChI=1S/C46H26O3/c1-2-11-27(12-3-1)38-26-47-40-24-23-36-30-22-21-28(25-41(30)49-46(36)44(38)40)42-31-14-4-6-16-33(31)43(34-17-7-5-15-32(34)42)37-19-10-18-35-29-13-8-9-20-39(29)48-45(35)37/h1-26H. The normalized spacial score (nSPS) is 12.1. The molecule has 0 N–H and O–H groups in total. The van der Waals surface area contributed by atoms with E-state index in [1.54, 1.807) is 0 Å². The van der Waals surface area contributed by atoms with Gasteiger partial charge in [0.1, 0.15) is 27.9 Å². The quantitative estimate of drug-likeness (QED) is 0.183. The molecule has 3 heterocycles. The number of rotatable bonds is 3. The zero-order chi connectivity index (χ0) is 32.1. The summed E-state index contributed by atoms with van der Waals surface area (Å²) in [5, 5.41) is 10.2. The summed E-state index contributed by atoms with van der Waals surface area (Å²) in [4.78, 5) is 0. The third-order valence-electron chi connectivity index (χ3n) is 10.2. The Balaban J connectivity index is 1.19. The van der Waals surface area contributed by atoms with Crippen molar-refractivity contribution in [3.63, 3.8) is 0 Å². The molecule has 0 aliphatic heterocycles. The van der Waals surface area contributed by atoms with Crippen molar-refractivity contribution in [1.29, 1.82) is 0 Å². The molecular weight excluding hydrogens is 601 g/mol. The lowest BCUT2D eigenvalue weighted by atomic mass is 9.85. The summed E-state index contributed by atoms with van der Waals surface area (Å²) < 4.78 is 19.4. The van der Waals surface area contributed by atoms with E-state index in [2.05, 4.69) is 133 Å². The Bertz CT molecular complexity index is 3040. The van der Waals surface area contributed by atoms with Gasteiger partial charge in [0.2, 0.25) is 0 Å². The van der Waals surface area contributed by atoms with Crippen molar-refractivity contribution < 1.29 is 13.3 Å². The van der Waals surface area contributed by atoms with Crippen molar-refractivity contribution in [2.24, 2.45) is 0 Å². The first-order chi connectivity index (χ1) is 24.3. The molecule has 0 radical (unpaired) electrons. The van der Waals surface area contributed by atoms with Crippen LogP contribution in [0.3, 0.4) is 0 Å². The lowest BCUT2D eigenvalue weighted by molar-refractivity contribution is 0.616. The third kappa shape index (κ3) is 3.73. The van der Waals surface area contributed by atoms with Crippen LogP contribution < -0.4 is 0 Å². The van der Waals surface area contributed by atoms with E-state index >= 15 is 0 Å². The van der Waals surface area contributed by atoms with E-state index in [0.29, 0.717) is 0 Å². The van der Waals surface area contributed by atoms with Gasteiger partial charge in [-0.1, -0.05) is 121 Å². The highest BCUT2D eigenvalue weighted by molar-refractivity contribution is 6.25. The summed E-state index contributed by atoms with van der Waals surface area (Å²) in [6, 6.07) is 53.4. The van der Waals surface area contributed by atoms with Crippen LogP contribution in [0.25, 0.3) is 110 Å². The highest BCUT2D eigenvalue weighted by atomic mass is 16.3. The molecule has 0 amide bonds. The molecular formula is C46H26O3. The predicted octanol–water partition coefficient (Wildman–Crippen LogP) is 13.5. The summed E-state index contributed by atoms with van der Waals surface area (Å²) in [6.45, 7) is 0. The lowest BCUT2D eigenvalue weighted by Crippen LogP contribution is -1.91. The molecule has 0 bridgehead atoms. The fourth-order valence-electron chi connectivity index (χ4n) is 8.02. The minimum atomic E-state index is 0.817. The van der Waals surface area contributed by atoms with Gasteiger partial charge in [0.25, 0.3) is 0 Å². The second-order valence-electron chi connectivity index (χ2n) is 12.8. The van der Waals surface area contributed by atoms with Crippen molar-refractivity contribution in [3.05, 3.63) is 158 Å². The number of furan rings is 3. The first-order valence-corrected chi connectivity index (χ1v) is 16.6. The molecule has 11 aromatic rings. The molecule has 0 atom stereocenters. The van der Waals surface area contributed by atoms with E-state index in [1.165, 1.54) is 32.7 Å². The van der Waals surface area contributed by atoms with Gasteiger partial charge in [0.05, 0.1) is 11.6 Å². The summed E-state index contributed by atoms with van der Waals surface area (Å²) in [5.74, 6) is 0. The Morgan fingerprint density at radius 1 is 0.327 bits per heavy atom. The van der Waals surface area contributed by atoms with Gasteiger partial charge in [-0.2, -0.15) is 0 Å². The number of hydrogen-bond acceptors (Lipinski definition) is 3. The van der Waals surface area contributed by atoms with Crippen molar-refractivity contribution in [3.8, 4) is 33.4 Å². The molecule has 8 aromatic carbocycles. The molecule has 3 nitrogen and oxygen atoms in total. The van der Waals surface area contributed by atoms with Gasteiger partial charge >= 0.3 is 0 Å². The zero-order valence-electron chi connectivity index (χ0n) is 26.2. The Labute approximate surface area is 280 Å². The van der Waals surface area contributed by atoms with Crippen molar-refractivity contribution in [1.82, 2.24) is 0 Å². The average Bonchev–Trinajstić information content (AvgIpc) is 3.87. The maximum atomic E-state index is 6.77. The lowest BCUT2D eigenvalue weighted by Gasteiger charge is -2.17. The minimum absolute atomic E-state index is 0.817. The van der Waals surface area contributed by atoms with Gasteiger partial charge in [0.15, 0.2) is 0 Å². The van der Waals surface area contributed by atoms with Crippen molar-refractivity contribution >= 4 is 76.4 Å². The average molecular weight is 627 g/mol. The van der Waals surface area contributed by atoms with E-state index in [9.17, 15) is 0 Å². The van der Waals surface area contributed by atoms with Crippen LogP contribution in [0, 0.1) is 0 Å². The molecule has 0 saturated carbocycles. The molecule has 0 saturated heterocycles. The van der Waals surface area contributed by atoms with E-state index in [4.69, 9.17) is 13.3 Å². The van der Waals surface area contributed by atoms with Gasteiger partial charge in [-0.25, -0.2) is 0 Å². The smallest absolute Gasteiger partial charge is 0.147 e. The van der Waals surface area contributed by atoms with Crippen LogP contribution in [-0.4, -0.2) is 0 Å². The van der Waals surface area contributed by atoms with E-state index in [-0.39, 0.29) is 0 Å². The van der Waals surface area contributed by atoms with Gasteiger partial charge < -0.3 is 13.3 Å². The number of fused-ring (bicyclic) bond motifs is 10. The molecule has 0 aliphatic rings. The Morgan fingerprint density at radius 3 is 1.69 bits per heavy atom. The second-order valence-corrected chi connectivity index (χ2v) is 12.8. The van der Waals surface area contributed by atoms with Crippen LogP contribution in [0.15, 0.2) is 171 Å². The topological polar surface area (TPSA) is 39.4 Å². The maximum absolute atomic E-state index is 6.77. The Hall–Kier alpha value is -6.58. The molecule has 3 aromatic heterocycles. The van der Waals surface area contributed by atoms with Crippen LogP contribution in [0.1, 0.15) is 0 Å². The van der Waals surface area contributed by atoms with Crippen molar-refractivity contribution in [2.45, 2.75) is 0 Å². The largest absolute Gasteiger partial charge is 0.464 e. The monoisotopic (exact) mass is 626 g/mol. The van der Waals surface area contributed by atoms with Crippen LogP contribution >= 0.6 is 0 Å². The molecule has 0 spiro atoms. The summed E-state index contributed by atoms with van der Waals surface area (Å²) >= 11 is 0. The molecule has 49 heavy (non-hydrogen) atoms. The van der Waals surface area contributed by atoms with E-state index in [0.717, 1.165) is 77.1 Å². The summed E-state index contributed by atoms with van der Waals surface area (Å²) in [6.07, 6.45) is 1.84. The van der Waals surface area contributed by atoms with Crippen LogP contribution in [0.4, 0.5) is 0 Å². The van der Waals surface area contributed by atoms with E-state index in [1.807, 2.05) is 24.5 Å². The third-order valence-corrected chi connectivity index (χ3v) is 10.2. The molecule has 3 heteroatoms. The number of para-hydroxylation sites is 2. The minimum Gasteiger partial charge on any atom is -0.464 e. The van der Waals surface area contributed by atoms with Gasteiger partial charge in [-0.3, -0.25) is 0 Å². The zero-order valence-corrected chi connectivity index (χ0v) is 26.2.